The molecule has 0 bridgehead atoms. The molecule has 0 saturated carbocycles. The molecule has 92 heavy (non-hydrogen) atoms. The van der Waals surface area contributed by atoms with Crippen LogP contribution >= 0.6 is 0 Å². The van der Waals surface area contributed by atoms with Gasteiger partial charge in [-0.3, -0.25) is 9.91 Å². The highest BCUT2D eigenvalue weighted by Crippen LogP contribution is 2.39. The van der Waals surface area contributed by atoms with Crippen molar-refractivity contribution in [1.82, 2.24) is 71.4 Å². The van der Waals surface area contributed by atoms with Crippen LogP contribution in [0.4, 0.5) is 41.6 Å². The molecular weight excluding hydrogens is 1150 g/mol. The predicted octanol–water partition coefficient (Wildman–Crippen LogP) is 8.04. The van der Waals surface area contributed by atoms with Gasteiger partial charge in [0.1, 0.15) is 0 Å². The number of nitrogens with one attached hydrogen (secondary N) is 7. The van der Waals surface area contributed by atoms with E-state index in [-0.39, 0.29) is 85.6 Å². The SMILES string of the molecule is Cc1nc[n+](N(CCCNc2nc(N(C)C3CC(C)(C)NC(C)(C)C3)nc(N(C)C3CC(C)(C)NC(C)(C)C3)n2)CCN(C)CCCNc2nc(N(C)C3CC(C)(C)NC(C)(C)C3)nc(N(C)C3CC(C)(C)NC(C)(C)C3)n2)c(N(C)C2CC(C)(C)NC(C)(C)C2)n1. The van der Waals surface area contributed by atoms with Crippen LogP contribution in [-0.4, -0.2) is 212 Å². The van der Waals surface area contributed by atoms with E-state index >= 15 is 0 Å². The topological polar surface area (TPSA) is 214 Å². The number of aryl methyl sites for hydroxylation is 1. The average molecular weight is 1280 g/mol. The summed E-state index contributed by atoms with van der Waals surface area (Å²) in [6, 6.07) is 1.26. The quantitative estimate of drug-likeness (QED) is 0.0334. The molecule has 0 aromatic carbocycles. The van der Waals surface area contributed by atoms with Gasteiger partial charge >= 0.3 is 5.95 Å². The summed E-state index contributed by atoms with van der Waals surface area (Å²) >= 11 is 0. The molecule has 23 nitrogen and oxygen atoms in total. The highest BCUT2D eigenvalue weighted by Gasteiger charge is 2.46. The summed E-state index contributed by atoms with van der Waals surface area (Å²) < 4.78 is 2.22. The predicted molar refractivity (Wildman–Crippen MR) is 382 cm³/mol. The van der Waals surface area contributed by atoms with E-state index in [4.69, 9.17) is 39.9 Å². The molecule has 5 aliphatic heterocycles. The van der Waals surface area contributed by atoms with Crippen LogP contribution in [0.1, 0.15) is 221 Å². The summed E-state index contributed by atoms with van der Waals surface area (Å²) in [5.41, 5.74) is -0.357. The Hall–Kier alpha value is -4.81. The molecule has 0 spiro atoms. The zero-order valence-electron chi connectivity index (χ0n) is 62.8. The number of nitrogens with zero attached hydrogens (tertiary/aromatic N) is 16. The number of hydrogen-bond donors (Lipinski definition) is 7. The first-order valence-electron chi connectivity index (χ1n) is 35.0. The van der Waals surface area contributed by atoms with E-state index < -0.39 is 0 Å². The second-order valence-electron chi connectivity index (χ2n) is 35.7. The molecule has 5 fully saturated rings. The molecule has 23 heteroatoms. The number of hydrogen-bond acceptors (Lipinski definition) is 22. The van der Waals surface area contributed by atoms with E-state index in [1.54, 1.807) is 0 Å². The highest BCUT2D eigenvalue weighted by atomic mass is 15.6. The van der Waals surface area contributed by atoms with Gasteiger partial charge in [0.05, 0.1) is 12.6 Å². The third-order valence-corrected chi connectivity index (χ3v) is 20.1. The summed E-state index contributed by atoms with van der Waals surface area (Å²) in [5, 5.41) is 29.3. The summed E-state index contributed by atoms with van der Waals surface area (Å²) in [7, 11) is 13.1. The first-order valence-corrected chi connectivity index (χ1v) is 35.0. The Morgan fingerprint density at radius 3 is 0.935 bits per heavy atom. The Morgan fingerprint density at radius 2 is 0.641 bits per heavy atom. The molecule has 0 unspecified atom stereocenters. The lowest BCUT2D eigenvalue weighted by atomic mass is 9.79. The maximum atomic E-state index is 5.30. The van der Waals surface area contributed by atoms with E-state index in [9.17, 15) is 0 Å². The normalized spacial score (nSPS) is 23.4. The molecule has 0 aliphatic carbocycles. The summed E-state index contributed by atoms with van der Waals surface area (Å²) in [5.74, 6) is 5.68. The lowest BCUT2D eigenvalue weighted by Gasteiger charge is -2.49. The maximum absolute atomic E-state index is 5.30. The average Bonchev–Trinajstić information content (AvgIpc) is 0.806. The summed E-state index contributed by atoms with van der Waals surface area (Å²) in [4.78, 5) is 55.6. The largest absolute Gasteiger partial charge is 0.373 e. The lowest BCUT2D eigenvalue weighted by molar-refractivity contribution is -0.687. The molecule has 3 aromatic heterocycles. The van der Waals surface area contributed by atoms with Crippen molar-refractivity contribution in [2.24, 2.45) is 0 Å². The molecule has 8 rings (SSSR count). The maximum Gasteiger partial charge on any atom is 0.373 e. The Balaban J connectivity index is 1.01. The molecule has 7 N–H and O–H groups in total. The zero-order chi connectivity index (χ0) is 68.2. The van der Waals surface area contributed by atoms with Gasteiger partial charge in [-0.25, -0.2) is 0 Å². The molecular formula is C69H130N23+. The Labute approximate surface area is 557 Å². The molecule has 0 radical (unpaired) electrons. The van der Waals surface area contributed by atoms with Crippen LogP contribution in [0, 0.1) is 6.92 Å². The van der Waals surface area contributed by atoms with Gasteiger partial charge in [-0.1, -0.05) is 4.98 Å². The van der Waals surface area contributed by atoms with Gasteiger partial charge in [-0.2, -0.15) is 29.9 Å². The Kier molecular flexibility index (Phi) is 21.4. The molecule has 5 saturated heterocycles. The van der Waals surface area contributed by atoms with E-state index in [1.165, 1.54) is 0 Å². The van der Waals surface area contributed by atoms with Crippen molar-refractivity contribution >= 4 is 41.6 Å². The fourth-order valence-corrected chi connectivity index (χ4v) is 17.6. The van der Waals surface area contributed by atoms with Crippen molar-refractivity contribution in [2.75, 3.05) is 122 Å². The number of anilines is 7. The molecule has 0 atom stereocenters. The smallest absolute Gasteiger partial charge is 0.354 e. The van der Waals surface area contributed by atoms with Gasteiger partial charge < -0.3 is 61.7 Å². The molecule has 0 amide bonds. The Morgan fingerprint density at radius 1 is 0.370 bits per heavy atom. The standard InChI is InChI=1S/C69H130N23/c1-47-72-46-92(59(73-47)90(27)52-44-68(18,19)84-69(20,21)45-52)91(33-29-31-71-54-76-57(88(25)50-40-64(10,11)82-65(12,13)41-50)79-58(77-54)89(26)51-42-66(14,15)83-67(16,17)43-51)35-34-85(22)32-28-30-70-53-74-55(86(23)48-36-60(2,3)80-61(4,5)37-48)78-56(75-53)87(24)49-38-62(6,7)81-63(8,9)39-49/h46,48-52,80-84H,28-45H2,1-27H3,(H,70,74,75,78)(H,71,76,77,79)/q+1. The first kappa shape index (κ1) is 73.0. The minimum atomic E-state index is -0.0410. The molecule has 5 aliphatic rings. The zero-order valence-corrected chi connectivity index (χ0v) is 62.8. The third kappa shape index (κ3) is 19.7. The van der Waals surface area contributed by atoms with Crippen LogP contribution in [0.15, 0.2) is 6.33 Å². The van der Waals surface area contributed by atoms with Crippen LogP contribution in [0.2, 0.25) is 0 Å². The van der Waals surface area contributed by atoms with Crippen molar-refractivity contribution in [3.8, 4) is 0 Å². The summed E-state index contributed by atoms with van der Waals surface area (Å²) in [6.45, 7) is 52.7. The van der Waals surface area contributed by atoms with Crippen LogP contribution in [0.5, 0.6) is 0 Å². The van der Waals surface area contributed by atoms with Crippen molar-refractivity contribution < 1.29 is 4.68 Å². The lowest BCUT2D eigenvalue weighted by Crippen LogP contribution is -2.66. The molecule has 520 valence electrons. The number of rotatable bonds is 24. The van der Waals surface area contributed by atoms with E-state index in [1.807, 2.05) is 13.3 Å². The minimum Gasteiger partial charge on any atom is -0.354 e. The van der Waals surface area contributed by atoms with Gasteiger partial charge in [0.15, 0.2) is 0 Å². The van der Waals surface area contributed by atoms with Gasteiger partial charge in [-0.05, 0) is 229 Å². The van der Waals surface area contributed by atoms with E-state index in [0.717, 1.165) is 115 Å². The second kappa shape index (κ2) is 27.0. The second-order valence-corrected chi connectivity index (χ2v) is 35.7. The van der Waals surface area contributed by atoms with E-state index in [2.05, 4.69) is 257 Å². The molecule has 8 heterocycles. The first-order chi connectivity index (χ1) is 42.2. The van der Waals surface area contributed by atoms with Gasteiger partial charge in [0.25, 0.3) is 0 Å². The minimum absolute atomic E-state index is 0.0277. The van der Waals surface area contributed by atoms with Gasteiger partial charge in [-0.15, -0.1) is 9.66 Å². The monoisotopic (exact) mass is 1280 g/mol. The van der Waals surface area contributed by atoms with Crippen LogP contribution in [-0.2, 0) is 0 Å². The third-order valence-electron chi connectivity index (χ3n) is 20.1. The van der Waals surface area contributed by atoms with Crippen LogP contribution in [0.25, 0.3) is 0 Å². The fraction of sp³-hybridized carbons (Fsp3) is 0.870. The number of aromatic nitrogens is 9. The fourth-order valence-electron chi connectivity index (χ4n) is 17.6. The summed E-state index contributed by atoms with van der Waals surface area (Å²) in [6.07, 6.45) is 13.5. The van der Waals surface area contributed by atoms with Crippen molar-refractivity contribution in [1.29, 1.82) is 0 Å². The number of piperidine rings is 5. The highest BCUT2D eigenvalue weighted by molar-refractivity contribution is 5.48. The van der Waals surface area contributed by atoms with Gasteiger partial charge in [0, 0.05) is 148 Å². The van der Waals surface area contributed by atoms with Crippen LogP contribution in [0.3, 0.4) is 0 Å². The van der Waals surface area contributed by atoms with Gasteiger partial charge in [0.2, 0.25) is 47.8 Å². The molecule has 3 aromatic rings. The van der Waals surface area contributed by atoms with E-state index in [0.29, 0.717) is 48.8 Å². The number of likely N-dealkylation sites (N-methyl/N-ethyl adjacent to an activating group) is 1. The van der Waals surface area contributed by atoms with Crippen LogP contribution < -0.4 is 71.4 Å². The Bertz CT molecular complexity index is 2750. The van der Waals surface area contributed by atoms with Crippen molar-refractivity contribution in [2.45, 2.75) is 308 Å². The van der Waals surface area contributed by atoms with Crippen molar-refractivity contribution in [3.05, 3.63) is 12.2 Å². The van der Waals surface area contributed by atoms with Crippen molar-refractivity contribution in [3.63, 3.8) is 0 Å².